The van der Waals surface area contributed by atoms with E-state index in [0.29, 0.717) is 6.54 Å². The van der Waals surface area contributed by atoms with Gasteiger partial charge < -0.3 is 10.3 Å². The van der Waals surface area contributed by atoms with E-state index in [9.17, 15) is 0 Å². The zero-order valence-corrected chi connectivity index (χ0v) is 8.67. The molecule has 0 aliphatic carbocycles. The molecule has 0 bridgehead atoms. The summed E-state index contributed by atoms with van der Waals surface area (Å²) in [7, 11) is 0. The van der Waals surface area contributed by atoms with Crippen LogP contribution in [-0.4, -0.2) is 11.1 Å². The molecular formula is C11H13ClN2. The molecule has 2 rings (SSSR count). The van der Waals surface area contributed by atoms with Crippen molar-refractivity contribution in [2.45, 2.75) is 13.0 Å². The van der Waals surface area contributed by atoms with E-state index >= 15 is 0 Å². The number of rotatable bonds is 3. The molecule has 1 aromatic heterocycles. The molecule has 0 saturated carbocycles. The van der Waals surface area contributed by atoms with Crippen molar-refractivity contribution in [2.75, 3.05) is 6.54 Å². The molecule has 0 atom stereocenters. The summed E-state index contributed by atoms with van der Waals surface area (Å²) in [6, 6.07) is 8.04. The summed E-state index contributed by atoms with van der Waals surface area (Å²) in [5.41, 5.74) is 6.59. The maximum atomic E-state index is 6.13. The molecule has 2 nitrogen and oxygen atoms in total. The number of fused-ring (bicyclic) bond motifs is 1. The topological polar surface area (TPSA) is 30.9 Å². The molecule has 0 fully saturated rings. The summed E-state index contributed by atoms with van der Waals surface area (Å²) < 4.78 is 2.16. The molecule has 3 heteroatoms. The Morgan fingerprint density at radius 1 is 1.29 bits per heavy atom. The Morgan fingerprint density at radius 2 is 2.14 bits per heavy atom. The Labute approximate surface area is 88.3 Å². The van der Waals surface area contributed by atoms with Crippen LogP contribution < -0.4 is 5.73 Å². The smallest absolute Gasteiger partial charge is 0.0669 e. The lowest BCUT2D eigenvalue weighted by atomic mass is 10.2. The highest BCUT2D eigenvalue weighted by atomic mass is 35.5. The third-order valence-electron chi connectivity index (χ3n) is 2.34. The quantitative estimate of drug-likeness (QED) is 0.826. The van der Waals surface area contributed by atoms with E-state index in [1.165, 1.54) is 5.39 Å². The first-order valence-electron chi connectivity index (χ1n) is 4.76. The summed E-state index contributed by atoms with van der Waals surface area (Å²) in [5.74, 6) is 0. The summed E-state index contributed by atoms with van der Waals surface area (Å²) in [5, 5.41) is 2.00. The number of para-hydroxylation sites is 1. The zero-order chi connectivity index (χ0) is 9.97. The van der Waals surface area contributed by atoms with E-state index in [1.54, 1.807) is 0 Å². The van der Waals surface area contributed by atoms with Gasteiger partial charge in [0.15, 0.2) is 0 Å². The summed E-state index contributed by atoms with van der Waals surface area (Å²) in [4.78, 5) is 0. The zero-order valence-electron chi connectivity index (χ0n) is 7.91. The third kappa shape index (κ3) is 1.63. The molecule has 0 radical (unpaired) electrons. The van der Waals surface area contributed by atoms with Crippen LogP contribution in [0.1, 0.15) is 6.42 Å². The van der Waals surface area contributed by atoms with Gasteiger partial charge in [-0.3, -0.25) is 0 Å². The maximum Gasteiger partial charge on any atom is 0.0669 e. The molecule has 0 spiro atoms. The van der Waals surface area contributed by atoms with Gasteiger partial charge in [-0.15, -0.1) is 0 Å². The fourth-order valence-corrected chi connectivity index (χ4v) is 1.95. The highest BCUT2D eigenvalue weighted by molar-refractivity contribution is 6.35. The average Bonchev–Trinajstić information content (AvgIpc) is 2.59. The molecule has 0 unspecified atom stereocenters. The number of aromatic nitrogens is 1. The fourth-order valence-electron chi connectivity index (χ4n) is 1.66. The van der Waals surface area contributed by atoms with Crippen LogP contribution >= 0.6 is 11.6 Å². The van der Waals surface area contributed by atoms with E-state index in [-0.39, 0.29) is 0 Å². The standard InChI is InChI=1S/C11H13ClN2/c12-10-4-1-3-9-5-8-14(11(9)10)7-2-6-13/h1,3-5,8H,2,6-7,13H2. The summed E-state index contributed by atoms with van der Waals surface area (Å²) in [6.45, 7) is 1.65. The van der Waals surface area contributed by atoms with Crippen LogP contribution in [0.4, 0.5) is 0 Å². The van der Waals surface area contributed by atoms with Crippen molar-refractivity contribution in [3.05, 3.63) is 35.5 Å². The number of benzene rings is 1. The minimum Gasteiger partial charge on any atom is -0.346 e. The van der Waals surface area contributed by atoms with Crippen molar-refractivity contribution in [1.82, 2.24) is 4.57 Å². The van der Waals surface area contributed by atoms with E-state index in [2.05, 4.69) is 22.9 Å². The Bertz CT molecular complexity index is 434. The largest absolute Gasteiger partial charge is 0.346 e. The molecule has 1 aromatic carbocycles. The van der Waals surface area contributed by atoms with E-state index in [0.717, 1.165) is 23.5 Å². The van der Waals surface area contributed by atoms with Gasteiger partial charge in [0.05, 0.1) is 10.5 Å². The van der Waals surface area contributed by atoms with Crippen molar-refractivity contribution in [2.24, 2.45) is 5.73 Å². The normalized spacial score (nSPS) is 11.0. The third-order valence-corrected chi connectivity index (χ3v) is 2.65. The molecule has 74 valence electrons. The van der Waals surface area contributed by atoms with Gasteiger partial charge in [0.2, 0.25) is 0 Å². The summed E-state index contributed by atoms with van der Waals surface area (Å²) >= 11 is 6.13. The van der Waals surface area contributed by atoms with E-state index < -0.39 is 0 Å². The van der Waals surface area contributed by atoms with E-state index in [1.807, 2.05) is 12.1 Å². The molecule has 0 amide bonds. The second-order valence-corrected chi connectivity index (χ2v) is 3.74. The Hall–Kier alpha value is -0.990. The van der Waals surface area contributed by atoms with Gasteiger partial charge >= 0.3 is 0 Å². The van der Waals surface area contributed by atoms with Crippen LogP contribution in [0.2, 0.25) is 5.02 Å². The Morgan fingerprint density at radius 3 is 2.93 bits per heavy atom. The van der Waals surface area contributed by atoms with Gasteiger partial charge in [0.25, 0.3) is 0 Å². The molecule has 0 saturated heterocycles. The maximum absolute atomic E-state index is 6.13. The SMILES string of the molecule is NCCCn1ccc2cccc(Cl)c21. The number of hydrogen-bond donors (Lipinski definition) is 1. The minimum absolute atomic E-state index is 0.712. The first-order chi connectivity index (χ1) is 6.83. The lowest BCUT2D eigenvalue weighted by molar-refractivity contribution is 0.671. The predicted octanol–water partition coefficient (Wildman–Crippen LogP) is 2.64. The van der Waals surface area contributed by atoms with Crippen molar-refractivity contribution in [3.8, 4) is 0 Å². The number of nitrogens with two attached hydrogens (primary N) is 1. The van der Waals surface area contributed by atoms with Gasteiger partial charge in [0.1, 0.15) is 0 Å². The number of hydrogen-bond acceptors (Lipinski definition) is 1. The fraction of sp³-hybridized carbons (Fsp3) is 0.273. The lowest BCUT2D eigenvalue weighted by Gasteiger charge is -2.04. The van der Waals surface area contributed by atoms with Crippen molar-refractivity contribution >= 4 is 22.5 Å². The predicted molar refractivity (Wildman–Crippen MR) is 60.6 cm³/mol. The monoisotopic (exact) mass is 208 g/mol. The van der Waals surface area contributed by atoms with Crippen LogP contribution in [-0.2, 0) is 6.54 Å². The molecular weight excluding hydrogens is 196 g/mol. The Balaban J connectivity index is 2.45. The van der Waals surface area contributed by atoms with Crippen molar-refractivity contribution in [1.29, 1.82) is 0 Å². The van der Waals surface area contributed by atoms with Gasteiger partial charge in [-0.1, -0.05) is 23.7 Å². The van der Waals surface area contributed by atoms with Gasteiger partial charge in [-0.25, -0.2) is 0 Å². The van der Waals surface area contributed by atoms with Crippen LogP contribution in [0, 0.1) is 0 Å². The molecule has 2 N–H and O–H groups in total. The highest BCUT2D eigenvalue weighted by Gasteiger charge is 2.03. The molecule has 14 heavy (non-hydrogen) atoms. The lowest BCUT2D eigenvalue weighted by Crippen LogP contribution is -2.04. The first kappa shape index (κ1) is 9.56. The van der Waals surface area contributed by atoms with E-state index in [4.69, 9.17) is 17.3 Å². The van der Waals surface area contributed by atoms with Crippen LogP contribution in [0.5, 0.6) is 0 Å². The number of halogens is 1. The molecule has 0 aliphatic rings. The number of aryl methyl sites for hydroxylation is 1. The summed E-state index contributed by atoms with van der Waals surface area (Å²) in [6.07, 6.45) is 3.04. The van der Waals surface area contributed by atoms with Gasteiger partial charge in [-0.05, 0) is 25.1 Å². The van der Waals surface area contributed by atoms with Gasteiger partial charge in [-0.2, -0.15) is 0 Å². The van der Waals surface area contributed by atoms with Crippen LogP contribution in [0.3, 0.4) is 0 Å². The first-order valence-corrected chi connectivity index (χ1v) is 5.14. The second kappa shape index (κ2) is 4.03. The average molecular weight is 209 g/mol. The van der Waals surface area contributed by atoms with Crippen molar-refractivity contribution < 1.29 is 0 Å². The highest BCUT2D eigenvalue weighted by Crippen LogP contribution is 2.24. The second-order valence-electron chi connectivity index (χ2n) is 3.33. The Kier molecular flexibility index (Phi) is 2.75. The molecule has 0 aliphatic heterocycles. The minimum atomic E-state index is 0.712. The molecule has 1 heterocycles. The van der Waals surface area contributed by atoms with Gasteiger partial charge in [0, 0.05) is 18.1 Å². The van der Waals surface area contributed by atoms with Crippen LogP contribution in [0.15, 0.2) is 30.5 Å². The van der Waals surface area contributed by atoms with Crippen LogP contribution in [0.25, 0.3) is 10.9 Å². The van der Waals surface area contributed by atoms with Crippen molar-refractivity contribution in [3.63, 3.8) is 0 Å². The molecule has 2 aromatic rings. The number of nitrogens with zero attached hydrogens (tertiary/aromatic N) is 1.